The van der Waals surface area contributed by atoms with Gasteiger partial charge in [-0.25, -0.2) is 9.97 Å². The fourth-order valence-electron chi connectivity index (χ4n) is 3.31. The second-order valence-electron chi connectivity index (χ2n) is 7.00. The number of imidazole rings is 1. The van der Waals surface area contributed by atoms with E-state index in [0.717, 1.165) is 32.1 Å². The predicted molar refractivity (Wildman–Crippen MR) is 126 cm³/mol. The highest BCUT2D eigenvalue weighted by Crippen LogP contribution is 2.30. The normalized spacial score (nSPS) is 12.3. The number of fused-ring (bicyclic) bond motifs is 3. The number of nitrogens with zero attached hydrogens (tertiary/aromatic N) is 3. The second kappa shape index (κ2) is 7.88. The third-order valence-corrected chi connectivity index (χ3v) is 7.35. The molecule has 10 heteroatoms. The summed E-state index contributed by atoms with van der Waals surface area (Å²) < 4.78 is 1.99. The molecule has 0 radical (unpaired) electrons. The third-order valence-electron chi connectivity index (χ3n) is 4.81. The molecule has 1 atom stereocenters. The highest BCUT2D eigenvalue weighted by Gasteiger charge is 2.17. The van der Waals surface area contributed by atoms with Gasteiger partial charge in [0.25, 0.3) is 5.91 Å². The number of benzene rings is 1. The van der Waals surface area contributed by atoms with Crippen LogP contribution in [-0.4, -0.2) is 26.2 Å². The average Bonchev–Trinajstić information content (AvgIpc) is 3.49. The number of amides is 2. The monoisotopic (exact) mass is 467 g/mol. The SMILES string of the molecule is CC(=O)NC(C)c1ccc(-c2csc(NC(=O)c3cc4c(nc5sccn54)s3)n2)cc1. The molecule has 31 heavy (non-hydrogen) atoms. The second-order valence-corrected chi connectivity index (χ2v) is 9.77. The first-order valence-electron chi connectivity index (χ1n) is 9.47. The van der Waals surface area contributed by atoms with Crippen molar-refractivity contribution in [2.75, 3.05) is 5.32 Å². The van der Waals surface area contributed by atoms with Crippen LogP contribution in [0.5, 0.6) is 0 Å². The number of thiophene rings is 1. The van der Waals surface area contributed by atoms with Crippen molar-refractivity contribution < 1.29 is 9.59 Å². The van der Waals surface area contributed by atoms with E-state index in [1.54, 1.807) is 11.3 Å². The first-order valence-corrected chi connectivity index (χ1v) is 12.0. The van der Waals surface area contributed by atoms with Crippen molar-refractivity contribution in [3.05, 3.63) is 57.7 Å². The lowest BCUT2D eigenvalue weighted by atomic mass is 10.1. The first-order chi connectivity index (χ1) is 15.0. The van der Waals surface area contributed by atoms with Gasteiger partial charge in [-0.3, -0.25) is 19.3 Å². The van der Waals surface area contributed by atoms with Crippen LogP contribution < -0.4 is 10.6 Å². The summed E-state index contributed by atoms with van der Waals surface area (Å²) in [7, 11) is 0. The molecule has 4 heterocycles. The van der Waals surface area contributed by atoms with Gasteiger partial charge in [0.05, 0.1) is 22.1 Å². The number of rotatable bonds is 5. The van der Waals surface area contributed by atoms with Crippen molar-refractivity contribution in [3.63, 3.8) is 0 Å². The smallest absolute Gasteiger partial charge is 0.267 e. The summed E-state index contributed by atoms with van der Waals surface area (Å²) in [6, 6.07) is 9.69. The number of hydrogen-bond donors (Lipinski definition) is 2. The molecular formula is C21H17N5O2S3. The number of nitrogens with one attached hydrogen (secondary N) is 2. The molecule has 2 N–H and O–H groups in total. The van der Waals surface area contributed by atoms with E-state index in [2.05, 4.69) is 20.6 Å². The van der Waals surface area contributed by atoms with Gasteiger partial charge in [0, 0.05) is 29.4 Å². The highest BCUT2D eigenvalue weighted by molar-refractivity contribution is 7.21. The molecule has 0 aliphatic carbocycles. The molecule has 156 valence electrons. The lowest BCUT2D eigenvalue weighted by Gasteiger charge is -2.12. The molecule has 0 spiro atoms. The Morgan fingerprint density at radius 3 is 2.71 bits per heavy atom. The number of anilines is 1. The number of hydrogen-bond acceptors (Lipinski definition) is 7. The maximum Gasteiger partial charge on any atom is 0.267 e. The maximum absolute atomic E-state index is 12.7. The van der Waals surface area contributed by atoms with Gasteiger partial charge in [-0.1, -0.05) is 24.3 Å². The van der Waals surface area contributed by atoms with Crippen molar-refractivity contribution in [3.8, 4) is 11.3 Å². The van der Waals surface area contributed by atoms with Gasteiger partial charge in [0.1, 0.15) is 4.83 Å². The number of carbonyl (C=O) groups is 2. The minimum atomic E-state index is -0.188. The van der Waals surface area contributed by atoms with Crippen LogP contribution in [0.15, 0.2) is 47.3 Å². The van der Waals surface area contributed by atoms with Gasteiger partial charge in [0.15, 0.2) is 10.1 Å². The van der Waals surface area contributed by atoms with Gasteiger partial charge in [0.2, 0.25) is 5.91 Å². The third kappa shape index (κ3) is 3.85. The molecule has 0 saturated carbocycles. The first kappa shape index (κ1) is 19.9. The summed E-state index contributed by atoms with van der Waals surface area (Å²) in [5.41, 5.74) is 3.71. The minimum Gasteiger partial charge on any atom is -0.350 e. The zero-order valence-electron chi connectivity index (χ0n) is 16.6. The number of aromatic nitrogens is 3. The maximum atomic E-state index is 12.7. The molecule has 4 aromatic heterocycles. The Balaban J connectivity index is 1.30. The van der Waals surface area contributed by atoms with E-state index in [0.29, 0.717) is 10.0 Å². The number of carbonyl (C=O) groups excluding carboxylic acids is 2. The lowest BCUT2D eigenvalue weighted by Crippen LogP contribution is -2.23. The van der Waals surface area contributed by atoms with Crippen molar-refractivity contribution in [2.24, 2.45) is 0 Å². The lowest BCUT2D eigenvalue weighted by molar-refractivity contribution is -0.119. The van der Waals surface area contributed by atoms with E-state index < -0.39 is 0 Å². The van der Waals surface area contributed by atoms with Gasteiger partial charge < -0.3 is 5.32 Å². The fraction of sp³-hybridized carbons (Fsp3) is 0.143. The molecule has 5 rings (SSSR count). The molecule has 1 unspecified atom stereocenters. The Kier molecular flexibility index (Phi) is 5.05. The number of thiazole rings is 2. The van der Waals surface area contributed by atoms with Crippen molar-refractivity contribution in [1.82, 2.24) is 19.7 Å². The van der Waals surface area contributed by atoms with Gasteiger partial charge in [-0.15, -0.1) is 34.0 Å². The van der Waals surface area contributed by atoms with Crippen LogP contribution in [0.25, 0.3) is 26.6 Å². The molecule has 5 aromatic rings. The van der Waals surface area contributed by atoms with Crippen LogP contribution in [0.3, 0.4) is 0 Å². The Morgan fingerprint density at radius 2 is 1.94 bits per heavy atom. The average molecular weight is 468 g/mol. The van der Waals surface area contributed by atoms with E-state index in [-0.39, 0.29) is 17.9 Å². The van der Waals surface area contributed by atoms with Gasteiger partial charge >= 0.3 is 0 Å². The molecule has 2 amide bonds. The molecular weight excluding hydrogens is 450 g/mol. The highest BCUT2D eigenvalue weighted by atomic mass is 32.1. The summed E-state index contributed by atoms with van der Waals surface area (Å²) >= 11 is 4.33. The van der Waals surface area contributed by atoms with E-state index in [1.165, 1.54) is 29.6 Å². The van der Waals surface area contributed by atoms with Crippen LogP contribution in [-0.2, 0) is 4.79 Å². The van der Waals surface area contributed by atoms with Gasteiger partial charge in [-0.2, -0.15) is 0 Å². The van der Waals surface area contributed by atoms with Gasteiger partial charge in [-0.05, 0) is 18.6 Å². The van der Waals surface area contributed by atoms with Crippen LogP contribution in [0.1, 0.15) is 35.1 Å². The summed E-state index contributed by atoms with van der Waals surface area (Å²) in [4.78, 5) is 35.4. The molecule has 0 aliphatic heterocycles. The van der Waals surface area contributed by atoms with Crippen LogP contribution in [0.2, 0.25) is 0 Å². The van der Waals surface area contributed by atoms with Crippen LogP contribution in [0, 0.1) is 0 Å². The molecule has 0 saturated heterocycles. The minimum absolute atomic E-state index is 0.0562. The standard InChI is InChI=1S/C21H17N5O2S3/c1-11(22-12(2)27)13-3-5-14(6-4-13)15-10-30-20(23-15)24-18(28)17-9-16-19(31-17)25-21-26(16)7-8-29-21/h3-11H,1-2H3,(H,22,27)(H,23,24,28). The summed E-state index contributed by atoms with van der Waals surface area (Å²) in [6.07, 6.45) is 1.96. The fourth-order valence-corrected chi connectivity index (χ4v) is 5.72. The predicted octanol–water partition coefficient (Wildman–Crippen LogP) is 5.18. The van der Waals surface area contributed by atoms with Crippen LogP contribution >= 0.6 is 34.0 Å². The molecule has 0 aliphatic rings. The van der Waals surface area contributed by atoms with Crippen LogP contribution in [0.4, 0.5) is 5.13 Å². The van der Waals surface area contributed by atoms with Crippen molar-refractivity contribution in [2.45, 2.75) is 19.9 Å². The molecule has 7 nitrogen and oxygen atoms in total. The zero-order valence-corrected chi connectivity index (χ0v) is 19.0. The van der Waals surface area contributed by atoms with Crippen molar-refractivity contribution >= 4 is 66.3 Å². The van der Waals surface area contributed by atoms with E-state index in [4.69, 9.17) is 0 Å². The topological polar surface area (TPSA) is 88.4 Å². The van der Waals surface area contributed by atoms with E-state index >= 15 is 0 Å². The zero-order chi connectivity index (χ0) is 21.5. The Bertz CT molecular complexity index is 1410. The Morgan fingerprint density at radius 1 is 1.13 bits per heavy atom. The Hall–Kier alpha value is -3.08. The summed E-state index contributed by atoms with van der Waals surface area (Å²) in [6.45, 7) is 3.45. The van der Waals surface area contributed by atoms with Crippen molar-refractivity contribution in [1.29, 1.82) is 0 Å². The Labute approximate surface area is 189 Å². The van der Waals surface area contributed by atoms with E-state index in [9.17, 15) is 9.59 Å². The molecule has 0 bridgehead atoms. The quantitative estimate of drug-likeness (QED) is 0.373. The summed E-state index contributed by atoms with van der Waals surface area (Å²) in [5, 5.41) is 10.2. The summed E-state index contributed by atoms with van der Waals surface area (Å²) in [5.74, 6) is -0.247. The largest absolute Gasteiger partial charge is 0.350 e. The van der Waals surface area contributed by atoms with E-state index in [1.807, 2.05) is 58.6 Å². The molecule has 1 aromatic carbocycles. The molecule has 0 fully saturated rings.